The van der Waals surface area contributed by atoms with Gasteiger partial charge < -0.3 is 10.0 Å². The van der Waals surface area contributed by atoms with Gasteiger partial charge in [-0.15, -0.1) is 0 Å². The van der Waals surface area contributed by atoms with Crippen LogP contribution in [0.25, 0.3) is 11.1 Å². The molecule has 9 heteroatoms. The van der Waals surface area contributed by atoms with Crippen LogP contribution in [-0.2, 0) is 28.5 Å². The van der Waals surface area contributed by atoms with Crippen molar-refractivity contribution in [2.75, 3.05) is 11.0 Å². The maximum absolute atomic E-state index is 14.2. The van der Waals surface area contributed by atoms with Gasteiger partial charge in [-0.2, -0.15) is 13.2 Å². The second-order valence-corrected chi connectivity index (χ2v) is 8.58. The molecule has 2 atom stereocenters. The van der Waals surface area contributed by atoms with Crippen LogP contribution in [0.2, 0.25) is 0 Å². The summed E-state index contributed by atoms with van der Waals surface area (Å²) in [7, 11) is -1.44. The molecule has 174 valence electrons. The number of rotatable bonds is 7. The van der Waals surface area contributed by atoms with Crippen molar-refractivity contribution < 1.29 is 26.6 Å². The lowest BCUT2D eigenvalue weighted by atomic mass is 9.96. The molecule has 0 aromatic heterocycles. The minimum absolute atomic E-state index is 0.00246. The highest BCUT2D eigenvalue weighted by atomic mass is 32.2. The topological polar surface area (TPSA) is 58.2 Å². The number of hydrogen-bond donors (Lipinski definition) is 2. The number of hydrogen-bond acceptors (Lipinski definition) is 2. The Balaban J connectivity index is 1.79. The molecule has 0 saturated carbocycles. The third-order valence-electron chi connectivity index (χ3n) is 5.12. The third kappa shape index (κ3) is 6.19. The van der Waals surface area contributed by atoms with E-state index in [2.05, 4.69) is 10.0 Å². The third-order valence-corrected chi connectivity index (χ3v) is 5.62. The van der Waals surface area contributed by atoms with E-state index < -0.39 is 40.4 Å². The van der Waals surface area contributed by atoms with Crippen molar-refractivity contribution >= 4 is 22.6 Å². The molecule has 1 amide bonds. The van der Waals surface area contributed by atoms with Crippen molar-refractivity contribution in [1.82, 2.24) is 5.32 Å². The molecule has 3 aromatic rings. The lowest BCUT2D eigenvalue weighted by Gasteiger charge is -2.17. The van der Waals surface area contributed by atoms with E-state index in [1.165, 1.54) is 24.5 Å². The van der Waals surface area contributed by atoms with E-state index in [1.807, 2.05) is 0 Å². The zero-order valence-corrected chi connectivity index (χ0v) is 18.7. The largest absolute Gasteiger partial charge is 0.416 e. The molecule has 0 fully saturated rings. The fourth-order valence-electron chi connectivity index (χ4n) is 3.32. The maximum atomic E-state index is 14.2. The molecular formula is C24H22F4N2O2S. The molecule has 0 aliphatic heterocycles. The first-order valence-electron chi connectivity index (χ1n) is 9.99. The maximum Gasteiger partial charge on any atom is 0.416 e. The van der Waals surface area contributed by atoms with Gasteiger partial charge in [0.25, 0.3) is 0 Å². The summed E-state index contributed by atoms with van der Waals surface area (Å²) < 4.78 is 67.6. The second-order valence-electron chi connectivity index (χ2n) is 7.47. The monoisotopic (exact) mass is 478 g/mol. The first-order chi connectivity index (χ1) is 15.6. The highest BCUT2D eigenvalue weighted by Gasteiger charge is 2.31. The summed E-state index contributed by atoms with van der Waals surface area (Å²) in [5.74, 6) is -1.76. The van der Waals surface area contributed by atoms with Crippen LogP contribution in [-0.4, -0.2) is 16.4 Å². The number of nitrogens with one attached hydrogen (secondary N) is 2. The average Bonchev–Trinajstić information content (AvgIpc) is 2.78. The molecule has 2 N–H and O–H groups in total. The molecule has 0 spiro atoms. The number of benzene rings is 3. The summed E-state index contributed by atoms with van der Waals surface area (Å²) in [6.45, 7) is 1.60. The molecular weight excluding hydrogens is 456 g/mol. The van der Waals surface area contributed by atoms with Gasteiger partial charge in [-0.05, 0) is 53.4 Å². The van der Waals surface area contributed by atoms with Crippen LogP contribution in [0.15, 0.2) is 66.7 Å². The van der Waals surface area contributed by atoms with E-state index in [-0.39, 0.29) is 12.2 Å². The van der Waals surface area contributed by atoms with Crippen molar-refractivity contribution in [3.8, 4) is 11.1 Å². The highest BCUT2D eigenvalue weighted by molar-refractivity contribution is 7.85. The van der Waals surface area contributed by atoms with Gasteiger partial charge in [0.2, 0.25) is 5.91 Å². The molecule has 0 bridgehead atoms. The zero-order chi connectivity index (χ0) is 24.2. The Morgan fingerprint density at radius 2 is 1.73 bits per heavy atom. The number of carbonyl (C=O) groups excluding carboxylic acids is 1. The van der Waals surface area contributed by atoms with Crippen LogP contribution in [0.4, 0.5) is 23.2 Å². The first-order valence-corrected chi connectivity index (χ1v) is 11.5. The van der Waals surface area contributed by atoms with Crippen LogP contribution in [0.1, 0.15) is 29.5 Å². The summed E-state index contributed by atoms with van der Waals surface area (Å²) in [4.78, 5) is 12.7. The molecule has 4 nitrogen and oxygen atoms in total. The fraction of sp³-hybridized carbons (Fsp3) is 0.208. The van der Waals surface area contributed by atoms with E-state index >= 15 is 0 Å². The van der Waals surface area contributed by atoms with Gasteiger partial charge in [-0.25, -0.2) is 8.60 Å². The fourth-order valence-corrected chi connectivity index (χ4v) is 3.79. The lowest BCUT2D eigenvalue weighted by Crippen LogP contribution is -2.28. The number of halogens is 4. The molecule has 0 saturated heterocycles. The highest BCUT2D eigenvalue weighted by Crippen LogP contribution is 2.34. The minimum Gasteiger partial charge on any atom is -0.351 e. The van der Waals surface area contributed by atoms with E-state index in [4.69, 9.17) is 0 Å². The minimum atomic E-state index is -4.49. The van der Waals surface area contributed by atoms with Crippen LogP contribution in [0.3, 0.4) is 0 Å². The number of anilines is 1. The van der Waals surface area contributed by atoms with Crippen LogP contribution < -0.4 is 10.0 Å². The Bertz CT molecular complexity index is 1170. The van der Waals surface area contributed by atoms with Gasteiger partial charge in [0.15, 0.2) is 0 Å². The smallest absolute Gasteiger partial charge is 0.351 e. The lowest BCUT2D eigenvalue weighted by molar-refractivity contribution is -0.137. The van der Waals surface area contributed by atoms with Gasteiger partial charge in [0.1, 0.15) is 16.8 Å². The Kier molecular flexibility index (Phi) is 7.53. The predicted molar refractivity (Wildman–Crippen MR) is 121 cm³/mol. The van der Waals surface area contributed by atoms with Crippen molar-refractivity contribution in [2.45, 2.75) is 25.6 Å². The normalized spacial score (nSPS) is 13.3. The number of alkyl halides is 3. The van der Waals surface area contributed by atoms with Crippen molar-refractivity contribution in [1.29, 1.82) is 0 Å². The molecule has 0 radical (unpaired) electrons. The molecule has 33 heavy (non-hydrogen) atoms. The van der Waals surface area contributed by atoms with Gasteiger partial charge >= 0.3 is 6.18 Å². The Labute approximate surface area is 191 Å². The molecule has 0 heterocycles. The molecule has 0 aliphatic carbocycles. The van der Waals surface area contributed by atoms with Crippen molar-refractivity contribution in [2.24, 2.45) is 0 Å². The molecule has 2 unspecified atom stereocenters. The van der Waals surface area contributed by atoms with Gasteiger partial charge in [-0.3, -0.25) is 4.79 Å². The van der Waals surface area contributed by atoms with Gasteiger partial charge in [0.05, 0.1) is 17.2 Å². The summed E-state index contributed by atoms with van der Waals surface area (Å²) >= 11 is 0. The summed E-state index contributed by atoms with van der Waals surface area (Å²) in [6.07, 6.45) is -3.12. The quantitative estimate of drug-likeness (QED) is 0.432. The molecule has 3 aromatic carbocycles. The zero-order valence-electron chi connectivity index (χ0n) is 17.9. The van der Waals surface area contributed by atoms with Crippen molar-refractivity contribution in [3.05, 3.63) is 89.2 Å². The first kappa shape index (κ1) is 24.4. The van der Waals surface area contributed by atoms with Crippen LogP contribution in [0.5, 0.6) is 0 Å². The van der Waals surface area contributed by atoms with Crippen LogP contribution in [0, 0.1) is 5.82 Å². The molecule has 3 rings (SSSR count). The standard InChI is InChI=1S/C24H22F4N2O2S/c1-15(17-9-11-22(21(25)12-17)30-33(2)32)23(31)29-14-18-8-10-19(24(26,27)28)13-20(18)16-6-4-3-5-7-16/h3-13,15,30H,14H2,1-2H3,(H,29,31). The number of carbonyl (C=O) groups is 1. The Morgan fingerprint density at radius 3 is 2.33 bits per heavy atom. The summed E-state index contributed by atoms with van der Waals surface area (Å²) in [5, 5.41) is 2.72. The Morgan fingerprint density at radius 1 is 1.03 bits per heavy atom. The molecule has 0 aliphatic rings. The van der Waals surface area contributed by atoms with E-state index in [9.17, 15) is 26.6 Å². The predicted octanol–water partition coefficient (Wildman–Crippen LogP) is 5.64. The second kappa shape index (κ2) is 10.2. The van der Waals surface area contributed by atoms with E-state index in [0.717, 1.165) is 12.1 Å². The summed E-state index contributed by atoms with van der Waals surface area (Å²) in [5.41, 5.74) is 1.18. The SMILES string of the molecule is CC(C(=O)NCc1ccc(C(F)(F)F)cc1-c1ccccc1)c1ccc(NS(C)=O)c(F)c1. The van der Waals surface area contributed by atoms with Crippen molar-refractivity contribution in [3.63, 3.8) is 0 Å². The summed E-state index contributed by atoms with van der Waals surface area (Å²) in [6, 6.07) is 16.1. The van der Waals surface area contributed by atoms with Gasteiger partial charge in [-0.1, -0.05) is 42.5 Å². The van der Waals surface area contributed by atoms with E-state index in [1.54, 1.807) is 43.3 Å². The average molecular weight is 479 g/mol. The number of amides is 1. The van der Waals surface area contributed by atoms with E-state index in [0.29, 0.717) is 22.3 Å². The van der Waals surface area contributed by atoms with Crippen LogP contribution >= 0.6 is 0 Å². The Hall–Kier alpha value is -3.20. The van der Waals surface area contributed by atoms with Gasteiger partial charge in [0, 0.05) is 12.8 Å².